The molecule has 1 N–H and O–H groups in total. The van der Waals surface area contributed by atoms with Gasteiger partial charge in [-0.25, -0.2) is 9.29 Å². The van der Waals surface area contributed by atoms with E-state index >= 15 is 0 Å². The van der Waals surface area contributed by atoms with E-state index in [-0.39, 0.29) is 11.3 Å². The number of imide groups is 1. The average Bonchev–Trinajstić information content (AvgIpc) is 3.06. The molecule has 1 aliphatic rings. The summed E-state index contributed by atoms with van der Waals surface area (Å²) >= 11 is 6.02. The molecule has 0 spiro atoms. The Morgan fingerprint density at radius 3 is 2.03 bits per heavy atom. The van der Waals surface area contributed by atoms with Crippen LogP contribution in [0.3, 0.4) is 0 Å². The van der Waals surface area contributed by atoms with Crippen LogP contribution in [0.25, 0.3) is 5.57 Å². The summed E-state index contributed by atoms with van der Waals surface area (Å²) in [4.78, 5) is 30.0. The number of rotatable bonds is 7. The first-order chi connectivity index (χ1) is 15.9. The number of halogens is 2. The topological polar surface area (TPSA) is 52.7 Å². The SMILES string of the molecule is CCN(CC)c1ccc(NC2=C(c3ccc(Cl)cc3)C(=O)N(c3ccc(F)cc3)C2=O)cc1. The molecule has 7 heteroatoms. The standard InChI is InChI=1S/C26H23ClFN3O2/c1-3-30(4-2)21-15-11-20(12-16-21)29-24-23(17-5-7-18(27)8-6-17)25(32)31(26(24)33)22-13-9-19(28)10-14-22/h5-16,29H,3-4H2,1-2H3. The van der Waals surface area contributed by atoms with E-state index < -0.39 is 17.6 Å². The largest absolute Gasteiger partial charge is 0.372 e. The molecule has 0 bridgehead atoms. The van der Waals surface area contributed by atoms with Gasteiger partial charge in [-0.15, -0.1) is 0 Å². The van der Waals surface area contributed by atoms with Crippen molar-refractivity contribution in [3.63, 3.8) is 0 Å². The van der Waals surface area contributed by atoms with E-state index in [1.54, 1.807) is 24.3 Å². The summed E-state index contributed by atoms with van der Waals surface area (Å²) < 4.78 is 13.4. The van der Waals surface area contributed by atoms with Gasteiger partial charge in [0.25, 0.3) is 11.8 Å². The first-order valence-electron chi connectivity index (χ1n) is 10.7. The highest BCUT2D eigenvalue weighted by molar-refractivity contribution is 6.46. The van der Waals surface area contributed by atoms with Crippen LogP contribution in [-0.2, 0) is 9.59 Å². The fraction of sp³-hybridized carbons (Fsp3) is 0.154. The zero-order chi connectivity index (χ0) is 23.5. The normalized spacial score (nSPS) is 13.6. The number of carbonyl (C=O) groups excluding carboxylic acids is 2. The molecule has 0 saturated heterocycles. The molecule has 3 aromatic carbocycles. The molecule has 3 aromatic rings. The van der Waals surface area contributed by atoms with Crippen molar-refractivity contribution in [1.29, 1.82) is 0 Å². The molecule has 4 rings (SSSR count). The minimum Gasteiger partial charge on any atom is -0.372 e. The van der Waals surface area contributed by atoms with E-state index in [0.717, 1.165) is 23.7 Å². The first-order valence-corrected chi connectivity index (χ1v) is 11.1. The van der Waals surface area contributed by atoms with Gasteiger partial charge in [-0.3, -0.25) is 9.59 Å². The fourth-order valence-electron chi connectivity index (χ4n) is 3.84. The second-order valence-corrected chi connectivity index (χ2v) is 7.96. The van der Waals surface area contributed by atoms with Crippen LogP contribution in [0.15, 0.2) is 78.5 Å². The van der Waals surface area contributed by atoms with Gasteiger partial charge < -0.3 is 10.2 Å². The number of carbonyl (C=O) groups is 2. The maximum absolute atomic E-state index is 13.4. The van der Waals surface area contributed by atoms with Crippen LogP contribution in [0.1, 0.15) is 19.4 Å². The molecule has 5 nitrogen and oxygen atoms in total. The molecule has 0 fully saturated rings. The Bertz CT molecular complexity index is 1200. The van der Waals surface area contributed by atoms with Gasteiger partial charge in [0, 0.05) is 29.5 Å². The van der Waals surface area contributed by atoms with Gasteiger partial charge in [0.2, 0.25) is 0 Å². The summed E-state index contributed by atoms with van der Waals surface area (Å²) in [5, 5.41) is 3.66. The second kappa shape index (κ2) is 9.46. The summed E-state index contributed by atoms with van der Waals surface area (Å²) in [5.41, 5.74) is 2.99. The Morgan fingerprint density at radius 1 is 0.848 bits per heavy atom. The van der Waals surface area contributed by atoms with Gasteiger partial charge in [0.1, 0.15) is 11.5 Å². The lowest BCUT2D eigenvalue weighted by Crippen LogP contribution is -2.32. The summed E-state index contributed by atoms with van der Waals surface area (Å²) in [5.74, 6) is -1.45. The van der Waals surface area contributed by atoms with E-state index in [1.807, 2.05) is 24.3 Å². The summed E-state index contributed by atoms with van der Waals surface area (Å²) in [6.45, 7) is 5.95. The molecule has 33 heavy (non-hydrogen) atoms. The first kappa shape index (κ1) is 22.6. The lowest BCUT2D eigenvalue weighted by molar-refractivity contribution is -0.120. The van der Waals surface area contributed by atoms with Crippen molar-refractivity contribution in [2.24, 2.45) is 0 Å². The van der Waals surface area contributed by atoms with E-state index in [2.05, 4.69) is 24.1 Å². The summed E-state index contributed by atoms with van der Waals surface area (Å²) in [6.07, 6.45) is 0. The lowest BCUT2D eigenvalue weighted by Gasteiger charge is -2.21. The van der Waals surface area contributed by atoms with Crippen molar-refractivity contribution in [3.05, 3.63) is 94.9 Å². The molecule has 0 aliphatic carbocycles. The number of benzene rings is 3. The van der Waals surface area contributed by atoms with Gasteiger partial charge in [-0.2, -0.15) is 0 Å². The van der Waals surface area contributed by atoms with E-state index in [4.69, 9.17) is 11.6 Å². The number of anilines is 3. The number of nitrogens with zero attached hydrogens (tertiary/aromatic N) is 2. The van der Waals surface area contributed by atoms with Crippen molar-refractivity contribution in [2.75, 3.05) is 28.2 Å². The highest BCUT2D eigenvalue weighted by Crippen LogP contribution is 2.34. The van der Waals surface area contributed by atoms with Crippen LogP contribution in [0.4, 0.5) is 21.5 Å². The maximum Gasteiger partial charge on any atom is 0.282 e. The number of hydrogen-bond donors (Lipinski definition) is 1. The minimum atomic E-state index is -0.510. The van der Waals surface area contributed by atoms with Crippen molar-refractivity contribution >= 4 is 46.1 Å². The van der Waals surface area contributed by atoms with Crippen LogP contribution < -0.4 is 15.1 Å². The molecule has 0 unspecified atom stereocenters. The summed E-state index contributed by atoms with van der Waals surface area (Å²) in [7, 11) is 0. The Balaban J connectivity index is 1.73. The van der Waals surface area contributed by atoms with Crippen molar-refractivity contribution in [3.8, 4) is 0 Å². The minimum absolute atomic E-state index is 0.155. The van der Waals surface area contributed by atoms with E-state index in [0.29, 0.717) is 22.0 Å². The number of nitrogens with one attached hydrogen (secondary N) is 1. The van der Waals surface area contributed by atoms with E-state index in [1.165, 1.54) is 24.3 Å². The van der Waals surface area contributed by atoms with Gasteiger partial charge in [-0.05, 0) is 80.1 Å². The molecular formula is C26H23ClFN3O2. The van der Waals surface area contributed by atoms with Gasteiger partial charge in [0.05, 0.1) is 11.3 Å². The highest BCUT2D eigenvalue weighted by Gasteiger charge is 2.40. The molecule has 1 heterocycles. The molecular weight excluding hydrogens is 441 g/mol. The summed E-state index contributed by atoms with van der Waals surface area (Å²) in [6, 6.07) is 19.7. The number of hydrogen-bond acceptors (Lipinski definition) is 4. The zero-order valence-electron chi connectivity index (χ0n) is 18.3. The van der Waals surface area contributed by atoms with Crippen LogP contribution in [0.2, 0.25) is 5.02 Å². The molecule has 0 aromatic heterocycles. The van der Waals surface area contributed by atoms with Crippen LogP contribution in [-0.4, -0.2) is 24.9 Å². The molecule has 0 atom stereocenters. The van der Waals surface area contributed by atoms with Gasteiger partial charge in [0.15, 0.2) is 0 Å². The van der Waals surface area contributed by atoms with Crippen molar-refractivity contribution in [1.82, 2.24) is 0 Å². The van der Waals surface area contributed by atoms with Gasteiger partial charge >= 0.3 is 0 Å². The maximum atomic E-state index is 13.4. The fourth-order valence-corrected chi connectivity index (χ4v) is 3.97. The predicted octanol–water partition coefficient (Wildman–Crippen LogP) is 5.72. The number of amides is 2. The second-order valence-electron chi connectivity index (χ2n) is 7.52. The van der Waals surface area contributed by atoms with Crippen LogP contribution in [0.5, 0.6) is 0 Å². The Kier molecular flexibility index (Phi) is 6.47. The third-order valence-electron chi connectivity index (χ3n) is 5.57. The van der Waals surface area contributed by atoms with Crippen molar-refractivity contribution < 1.29 is 14.0 Å². The smallest absolute Gasteiger partial charge is 0.282 e. The lowest BCUT2D eigenvalue weighted by atomic mass is 10.0. The van der Waals surface area contributed by atoms with Gasteiger partial charge in [-0.1, -0.05) is 23.7 Å². The molecule has 2 amide bonds. The molecule has 1 aliphatic heterocycles. The molecule has 0 radical (unpaired) electrons. The van der Waals surface area contributed by atoms with E-state index in [9.17, 15) is 14.0 Å². The quantitative estimate of drug-likeness (QED) is 0.455. The molecule has 168 valence electrons. The predicted molar refractivity (Wildman–Crippen MR) is 131 cm³/mol. The molecule has 0 saturated carbocycles. The zero-order valence-corrected chi connectivity index (χ0v) is 19.1. The third-order valence-corrected chi connectivity index (χ3v) is 5.82. The average molecular weight is 464 g/mol. The van der Waals surface area contributed by atoms with Crippen LogP contribution in [0, 0.1) is 5.82 Å². The third kappa shape index (κ3) is 4.47. The van der Waals surface area contributed by atoms with Crippen LogP contribution >= 0.6 is 11.6 Å². The van der Waals surface area contributed by atoms with Crippen molar-refractivity contribution in [2.45, 2.75) is 13.8 Å². The Morgan fingerprint density at radius 2 is 1.45 bits per heavy atom. The highest BCUT2D eigenvalue weighted by atomic mass is 35.5. The Hall–Kier alpha value is -3.64. The Labute approximate surface area is 197 Å². The monoisotopic (exact) mass is 463 g/mol.